The Balaban J connectivity index is 2.12. The third-order valence-corrected chi connectivity index (χ3v) is 3.43. The lowest BCUT2D eigenvalue weighted by Gasteiger charge is -2.25. The van der Waals surface area contributed by atoms with Crippen molar-refractivity contribution in [2.45, 2.75) is 25.3 Å². The first kappa shape index (κ1) is 8.01. The van der Waals surface area contributed by atoms with Gasteiger partial charge in [0.2, 0.25) is 5.91 Å². The monoisotopic (exact) mass is 169 g/mol. The summed E-state index contributed by atoms with van der Waals surface area (Å²) < 4.78 is 0. The SMILES string of the molecule is NNC(=O)C1C2CCC(C2)C1N. The van der Waals surface area contributed by atoms with Crippen LogP contribution in [0.3, 0.4) is 0 Å². The number of carbonyl (C=O) groups excluding carboxylic acids is 1. The van der Waals surface area contributed by atoms with Crippen LogP contribution in [0.25, 0.3) is 0 Å². The van der Waals surface area contributed by atoms with Crippen LogP contribution in [0.15, 0.2) is 0 Å². The maximum atomic E-state index is 11.3. The second kappa shape index (κ2) is 2.71. The van der Waals surface area contributed by atoms with E-state index in [9.17, 15) is 4.79 Å². The van der Waals surface area contributed by atoms with Crippen LogP contribution in [-0.2, 0) is 4.79 Å². The van der Waals surface area contributed by atoms with Gasteiger partial charge in [-0.05, 0) is 31.1 Å². The first-order valence-corrected chi connectivity index (χ1v) is 4.50. The third-order valence-electron chi connectivity index (χ3n) is 3.43. The number of fused-ring (bicyclic) bond motifs is 2. The fourth-order valence-corrected chi connectivity index (χ4v) is 2.82. The molecule has 68 valence electrons. The average Bonchev–Trinajstić information content (AvgIpc) is 2.63. The van der Waals surface area contributed by atoms with Crippen molar-refractivity contribution in [2.24, 2.45) is 29.3 Å². The number of hydrogen-bond acceptors (Lipinski definition) is 3. The van der Waals surface area contributed by atoms with E-state index in [4.69, 9.17) is 11.6 Å². The third kappa shape index (κ3) is 0.949. The number of hydrazine groups is 1. The van der Waals surface area contributed by atoms with Gasteiger partial charge in [0.05, 0.1) is 5.92 Å². The molecule has 0 heterocycles. The molecule has 12 heavy (non-hydrogen) atoms. The van der Waals surface area contributed by atoms with Crippen LogP contribution < -0.4 is 17.0 Å². The Labute approximate surface area is 71.6 Å². The smallest absolute Gasteiger partial charge is 0.238 e. The molecule has 4 nitrogen and oxygen atoms in total. The largest absolute Gasteiger partial charge is 0.327 e. The molecule has 4 heteroatoms. The molecule has 0 aromatic carbocycles. The number of hydrogen-bond donors (Lipinski definition) is 3. The maximum absolute atomic E-state index is 11.3. The van der Waals surface area contributed by atoms with E-state index in [1.165, 1.54) is 6.42 Å². The summed E-state index contributed by atoms with van der Waals surface area (Å²) in [6, 6.07) is 0.0484. The van der Waals surface area contributed by atoms with Crippen LogP contribution in [0.2, 0.25) is 0 Å². The molecule has 0 aliphatic heterocycles. The summed E-state index contributed by atoms with van der Waals surface area (Å²) in [6.07, 6.45) is 3.47. The highest BCUT2D eigenvalue weighted by Crippen LogP contribution is 2.47. The highest BCUT2D eigenvalue weighted by atomic mass is 16.2. The molecule has 4 unspecified atom stereocenters. The van der Waals surface area contributed by atoms with Crippen molar-refractivity contribution in [3.8, 4) is 0 Å². The number of rotatable bonds is 1. The Morgan fingerprint density at radius 3 is 2.50 bits per heavy atom. The fraction of sp³-hybridized carbons (Fsp3) is 0.875. The van der Waals surface area contributed by atoms with Gasteiger partial charge in [-0.1, -0.05) is 0 Å². The molecule has 2 saturated carbocycles. The minimum atomic E-state index is -0.0744. The second-order valence-electron chi connectivity index (χ2n) is 3.94. The van der Waals surface area contributed by atoms with Crippen LogP contribution in [0.4, 0.5) is 0 Å². The zero-order valence-corrected chi connectivity index (χ0v) is 6.99. The van der Waals surface area contributed by atoms with Crippen molar-refractivity contribution in [1.29, 1.82) is 0 Å². The molecule has 1 amide bonds. The highest BCUT2D eigenvalue weighted by molar-refractivity contribution is 5.79. The van der Waals surface area contributed by atoms with Gasteiger partial charge in [0.15, 0.2) is 0 Å². The fourth-order valence-electron chi connectivity index (χ4n) is 2.82. The Hall–Kier alpha value is -0.610. The summed E-state index contributed by atoms with van der Waals surface area (Å²) in [5, 5.41) is 0. The predicted molar refractivity (Wildman–Crippen MR) is 44.6 cm³/mol. The molecule has 0 aromatic heterocycles. The van der Waals surface area contributed by atoms with E-state index < -0.39 is 0 Å². The molecule has 0 spiro atoms. The van der Waals surface area contributed by atoms with Crippen molar-refractivity contribution >= 4 is 5.91 Å². The molecule has 2 bridgehead atoms. The maximum Gasteiger partial charge on any atom is 0.238 e. The molecule has 2 aliphatic carbocycles. The average molecular weight is 169 g/mol. The molecule has 2 rings (SSSR count). The summed E-state index contributed by atoms with van der Waals surface area (Å²) in [4.78, 5) is 11.3. The van der Waals surface area contributed by atoms with Crippen LogP contribution >= 0.6 is 0 Å². The molecular weight excluding hydrogens is 154 g/mol. The summed E-state index contributed by atoms with van der Waals surface area (Å²) in [5.74, 6) is 6.06. The molecular formula is C8H15N3O. The first-order valence-electron chi connectivity index (χ1n) is 4.50. The standard InChI is InChI=1S/C8H15N3O/c9-7-5-2-1-4(3-5)6(7)8(12)11-10/h4-7H,1-3,9-10H2,(H,11,12). The van der Waals surface area contributed by atoms with Crippen molar-refractivity contribution in [1.82, 2.24) is 5.43 Å². The zero-order valence-electron chi connectivity index (χ0n) is 6.99. The first-order chi connectivity index (χ1) is 5.74. The summed E-state index contributed by atoms with van der Waals surface area (Å²) in [5.41, 5.74) is 8.13. The quantitative estimate of drug-likeness (QED) is 0.277. The van der Waals surface area contributed by atoms with Crippen LogP contribution in [-0.4, -0.2) is 11.9 Å². The van der Waals surface area contributed by atoms with E-state index in [1.807, 2.05) is 0 Å². The van der Waals surface area contributed by atoms with E-state index in [2.05, 4.69) is 5.43 Å². The topological polar surface area (TPSA) is 81.1 Å². The highest BCUT2D eigenvalue weighted by Gasteiger charge is 2.48. The van der Waals surface area contributed by atoms with Gasteiger partial charge in [-0.2, -0.15) is 0 Å². The lowest BCUT2D eigenvalue weighted by molar-refractivity contribution is -0.127. The van der Waals surface area contributed by atoms with Gasteiger partial charge in [-0.3, -0.25) is 10.2 Å². The lowest BCUT2D eigenvalue weighted by Crippen LogP contribution is -2.47. The Bertz CT molecular complexity index is 204. The van der Waals surface area contributed by atoms with Gasteiger partial charge >= 0.3 is 0 Å². The van der Waals surface area contributed by atoms with Crippen LogP contribution in [0.5, 0.6) is 0 Å². The molecule has 0 aromatic rings. The van der Waals surface area contributed by atoms with E-state index in [0.29, 0.717) is 11.8 Å². The molecule has 2 fully saturated rings. The number of nitrogens with two attached hydrogens (primary N) is 2. The zero-order chi connectivity index (χ0) is 8.72. The predicted octanol–water partition coefficient (Wildman–Crippen LogP) is -0.650. The Morgan fingerprint density at radius 1 is 1.33 bits per heavy atom. The van der Waals surface area contributed by atoms with Crippen molar-refractivity contribution < 1.29 is 4.79 Å². The normalized spacial score (nSPS) is 44.8. The van der Waals surface area contributed by atoms with Crippen molar-refractivity contribution in [3.63, 3.8) is 0 Å². The van der Waals surface area contributed by atoms with E-state index in [0.717, 1.165) is 12.8 Å². The van der Waals surface area contributed by atoms with E-state index in [-0.39, 0.29) is 17.9 Å². The Kier molecular flexibility index (Phi) is 1.81. The number of amides is 1. The van der Waals surface area contributed by atoms with Crippen LogP contribution in [0.1, 0.15) is 19.3 Å². The molecule has 5 N–H and O–H groups in total. The minimum absolute atomic E-state index is 0.0197. The van der Waals surface area contributed by atoms with Gasteiger partial charge < -0.3 is 5.73 Å². The molecule has 2 aliphatic rings. The minimum Gasteiger partial charge on any atom is -0.327 e. The van der Waals surface area contributed by atoms with Crippen molar-refractivity contribution in [2.75, 3.05) is 0 Å². The van der Waals surface area contributed by atoms with Gasteiger partial charge in [-0.25, -0.2) is 5.84 Å². The van der Waals surface area contributed by atoms with Crippen LogP contribution in [0, 0.1) is 17.8 Å². The summed E-state index contributed by atoms with van der Waals surface area (Å²) >= 11 is 0. The van der Waals surface area contributed by atoms with E-state index >= 15 is 0 Å². The molecule has 0 saturated heterocycles. The second-order valence-corrected chi connectivity index (χ2v) is 3.94. The summed E-state index contributed by atoms with van der Waals surface area (Å²) in [7, 11) is 0. The number of nitrogens with one attached hydrogen (secondary N) is 1. The van der Waals surface area contributed by atoms with Gasteiger partial charge in [-0.15, -0.1) is 0 Å². The molecule has 4 atom stereocenters. The van der Waals surface area contributed by atoms with Crippen molar-refractivity contribution in [3.05, 3.63) is 0 Å². The van der Waals surface area contributed by atoms with Gasteiger partial charge in [0.25, 0.3) is 0 Å². The summed E-state index contributed by atoms with van der Waals surface area (Å²) in [6.45, 7) is 0. The molecule has 0 radical (unpaired) electrons. The van der Waals surface area contributed by atoms with E-state index in [1.54, 1.807) is 0 Å². The Morgan fingerprint density at radius 2 is 2.00 bits per heavy atom. The number of carbonyl (C=O) groups is 1. The van der Waals surface area contributed by atoms with Gasteiger partial charge in [0, 0.05) is 6.04 Å². The van der Waals surface area contributed by atoms with Gasteiger partial charge in [0.1, 0.15) is 0 Å². The lowest BCUT2D eigenvalue weighted by atomic mass is 9.84.